The molecule has 1 aromatic rings. The molecular weight excluding hydrogens is 262 g/mol. The largest absolute Gasteiger partial charge is 0.310 e. The first kappa shape index (κ1) is 16.2. The minimum atomic E-state index is -0.00642. The van der Waals surface area contributed by atoms with E-state index < -0.39 is 0 Å². The van der Waals surface area contributed by atoms with Crippen LogP contribution in [0.25, 0.3) is 0 Å². The average molecular weight is 291 g/mol. The van der Waals surface area contributed by atoms with Crippen LogP contribution >= 0.6 is 0 Å². The van der Waals surface area contributed by atoms with Crippen LogP contribution in [0.1, 0.15) is 75.5 Å². The molecule has 0 saturated heterocycles. The van der Waals surface area contributed by atoms with Crippen molar-refractivity contribution in [2.45, 2.75) is 78.3 Å². The maximum Gasteiger partial charge on any atom is 0.255 e. The molecule has 2 rings (SSSR count). The Morgan fingerprint density at radius 2 is 1.76 bits per heavy atom. The molecule has 1 aliphatic carbocycles. The van der Waals surface area contributed by atoms with Gasteiger partial charge in [0.25, 0.3) is 5.56 Å². The fourth-order valence-corrected chi connectivity index (χ4v) is 3.67. The van der Waals surface area contributed by atoms with Gasteiger partial charge in [0, 0.05) is 17.8 Å². The molecule has 0 aliphatic heterocycles. The summed E-state index contributed by atoms with van der Waals surface area (Å²) in [4.78, 5) is 19.4. The molecule has 4 nitrogen and oxygen atoms in total. The first-order valence-electron chi connectivity index (χ1n) is 8.32. The van der Waals surface area contributed by atoms with Gasteiger partial charge in [-0.2, -0.15) is 0 Å². The van der Waals surface area contributed by atoms with Gasteiger partial charge in [-0.1, -0.05) is 25.7 Å². The van der Waals surface area contributed by atoms with Crippen molar-refractivity contribution in [2.24, 2.45) is 5.92 Å². The van der Waals surface area contributed by atoms with E-state index in [-0.39, 0.29) is 11.6 Å². The van der Waals surface area contributed by atoms with Gasteiger partial charge >= 0.3 is 0 Å². The summed E-state index contributed by atoms with van der Waals surface area (Å²) in [5.74, 6) is 1.41. The van der Waals surface area contributed by atoms with E-state index in [2.05, 4.69) is 29.1 Å². The predicted molar refractivity (Wildman–Crippen MR) is 86.5 cm³/mol. The number of aryl methyl sites for hydroxylation is 2. The van der Waals surface area contributed by atoms with Crippen molar-refractivity contribution in [3.8, 4) is 0 Å². The van der Waals surface area contributed by atoms with E-state index in [1.165, 1.54) is 38.5 Å². The minimum Gasteiger partial charge on any atom is -0.310 e. The SMILES string of the molecule is Cc1nc(C)c(C(C)N[C@H](C)C2CCCCCC2)c(=O)[nH]1. The van der Waals surface area contributed by atoms with Crippen molar-refractivity contribution >= 4 is 0 Å². The molecule has 21 heavy (non-hydrogen) atoms. The summed E-state index contributed by atoms with van der Waals surface area (Å²) in [7, 11) is 0. The third kappa shape index (κ3) is 4.16. The molecule has 1 heterocycles. The molecule has 0 bridgehead atoms. The smallest absolute Gasteiger partial charge is 0.255 e. The highest BCUT2D eigenvalue weighted by atomic mass is 16.1. The van der Waals surface area contributed by atoms with E-state index in [9.17, 15) is 4.79 Å². The fraction of sp³-hybridized carbons (Fsp3) is 0.765. The molecule has 1 fully saturated rings. The number of nitrogens with zero attached hydrogens (tertiary/aromatic N) is 1. The van der Waals surface area contributed by atoms with Gasteiger partial charge in [-0.25, -0.2) is 4.98 Å². The Morgan fingerprint density at radius 1 is 1.14 bits per heavy atom. The van der Waals surface area contributed by atoms with Gasteiger partial charge in [-0.3, -0.25) is 4.79 Å². The molecule has 2 atom stereocenters. The lowest BCUT2D eigenvalue weighted by Gasteiger charge is -2.27. The standard InChI is InChI=1S/C17H29N3O/c1-11(15-9-7-5-6-8-10-15)18-12(2)16-13(3)19-14(4)20-17(16)21/h11-12,15,18H,5-10H2,1-4H3,(H,19,20,21)/t11-,12?/m1/s1. The first-order valence-corrected chi connectivity index (χ1v) is 8.32. The molecule has 4 heteroatoms. The average Bonchev–Trinajstić information content (AvgIpc) is 2.65. The summed E-state index contributed by atoms with van der Waals surface area (Å²) < 4.78 is 0. The normalized spacial score (nSPS) is 20.0. The van der Waals surface area contributed by atoms with E-state index in [4.69, 9.17) is 0 Å². The highest BCUT2D eigenvalue weighted by molar-refractivity contribution is 5.20. The van der Waals surface area contributed by atoms with E-state index in [1.807, 2.05) is 13.8 Å². The molecule has 2 N–H and O–H groups in total. The zero-order chi connectivity index (χ0) is 15.4. The van der Waals surface area contributed by atoms with Crippen molar-refractivity contribution in [2.75, 3.05) is 0 Å². The van der Waals surface area contributed by atoms with Gasteiger partial charge < -0.3 is 10.3 Å². The van der Waals surface area contributed by atoms with Crippen LogP contribution < -0.4 is 10.9 Å². The summed E-state index contributed by atoms with van der Waals surface area (Å²) in [5, 5.41) is 3.63. The zero-order valence-corrected chi connectivity index (χ0v) is 13.8. The van der Waals surface area contributed by atoms with Gasteiger partial charge in [-0.15, -0.1) is 0 Å². The predicted octanol–water partition coefficient (Wildman–Crippen LogP) is 3.40. The van der Waals surface area contributed by atoms with Crippen LogP contribution in [0.5, 0.6) is 0 Å². The van der Waals surface area contributed by atoms with Crippen LogP contribution in [0.2, 0.25) is 0 Å². The van der Waals surface area contributed by atoms with Gasteiger partial charge in [0.2, 0.25) is 0 Å². The molecule has 0 amide bonds. The monoisotopic (exact) mass is 291 g/mol. The summed E-state index contributed by atoms with van der Waals surface area (Å²) in [6.45, 7) is 8.08. The topological polar surface area (TPSA) is 57.8 Å². The van der Waals surface area contributed by atoms with Crippen molar-refractivity contribution in [1.82, 2.24) is 15.3 Å². The van der Waals surface area contributed by atoms with Crippen LogP contribution in [0.4, 0.5) is 0 Å². The molecule has 118 valence electrons. The maximum absolute atomic E-state index is 12.2. The van der Waals surface area contributed by atoms with E-state index in [1.54, 1.807) is 0 Å². The second-order valence-electron chi connectivity index (χ2n) is 6.58. The molecular formula is C17H29N3O. The summed E-state index contributed by atoms with van der Waals surface area (Å²) in [5.41, 5.74) is 1.61. The number of hydrogen-bond donors (Lipinski definition) is 2. The number of hydrogen-bond acceptors (Lipinski definition) is 3. The summed E-state index contributed by atoms with van der Waals surface area (Å²) in [6.07, 6.45) is 8.05. The molecule has 0 radical (unpaired) electrons. The number of rotatable bonds is 4. The maximum atomic E-state index is 12.2. The lowest BCUT2D eigenvalue weighted by Crippen LogP contribution is -2.38. The number of H-pyrrole nitrogens is 1. The zero-order valence-electron chi connectivity index (χ0n) is 13.8. The minimum absolute atomic E-state index is 0.00642. The second-order valence-corrected chi connectivity index (χ2v) is 6.58. The molecule has 1 aliphatic rings. The van der Waals surface area contributed by atoms with E-state index in [0.717, 1.165) is 17.2 Å². The molecule has 1 unspecified atom stereocenters. The Kier molecular flexibility index (Phi) is 5.57. The van der Waals surface area contributed by atoms with Crippen molar-refractivity contribution < 1.29 is 0 Å². The highest BCUT2D eigenvalue weighted by Gasteiger charge is 2.22. The number of aromatic amines is 1. The van der Waals surface area contributed by atoms with Crippen molar-refractivity contribution in [1.29, 1.82) is 0 Å². The third-order valence-corrected chi connectivity index (χ3v) is 4.82. The Bertz CT molecular complexity index is 515. The lowest BCUT2D eigenvalue weighted by atomic mass is 9.92. The second kappa shape index (κ2) is 7.21. The summed E-state index contributed by atoms with van der Waals surface area (Å²) >= 11 is 0. The Morgan fingerprint density at radius 3 is 2.33 bits per heavy atom. The Labute approximate surface area is 127 Å². The number of aromatic nitrogens is 2. The Balaban J connectivity index is 2.07. The third-order valence-electron chi connectivity index (χ3n) is 4.82. The van der Waals surface area contributed by atoms with E-state index >= 15 is 0 Å². The molecule has 0 aromatic carbocycles. The molecule has 1 aromatic heterocycles. The van der Waals surface area contributed by atoms with Gasteiger partial charge in [0.1, 0.15) is 5.82 Å². The fourth-order valence-electron chi connectivity index (χ4n) is 3.67. The number of nitrogens with one attached hydrogen (secondary N) is 2. The van der Waals surface area contributed by atoms with Crippen molar-refractivity contribution in [3.05, 3.63) is 27.4 Å². The summed E-state index contributed by atoms with van der Waals surface area (Å²) in [6, 6.07) is 0.485. The first-order chi connectivity index (χ1) is 9.99. The van der Waals surface area contributed by atoms with Gasteiger partial charge in [-0.05, 0) is 46.5 Å². The Hall–Kier alpha value is -1.16. The molecule has 1 saturated carbocycles. The van der Waals surface area contributed by atoms with Crippen LogP contribution in [0.15, 0.2) is 4.79 Å². The van der Waals surface area contributed by atoms with Gasteiger partial charge in [0.05, 0.1) is 5.56 Å². The highest BCUT2D eigenvalue weighted by Crippen LogP contribution is 2.26. The van der Waals surface area contributed by atoms with Crippen LogP contribution in [0, 0.1) is 19.8 Å². The van der Waals surface area contributed by atoms with E-state index in [0.29, 0.717) is 11.9 Å². The van der Waals surface area contributed by atoms with Gasteiger partial charge in [0.15, 0.2) is 0 Å². The van der Waals surface area contributed by atoms with Crippen LogP contribution in [-0.2, 0) is 0 Å². The van der Waals surface area contributed by atoms with Crippen LogP contribution in [-0.4, -0.2) is 16.0 Å². The quantitative estimate of drug-likeness (QED) is 0.836. The lowest BCUT2D eigenvalue weighted by molar-refractivity contribution is 0.315. The van der Waals surface area contributed by atoms with Crippen molar-refractivity contribution in [3.63, 3.8) is 0 Å². The van der Waals surface area contributed by atoms with Crippen LogP contribution in [0.3, 0.4) is 0 Å². The molecule has 0 spiro atoms.